The summed E-state index contributed by atoms with van der Waals surface area (Å²) in [7, 11) is 3.09. The van der Waals surface area contributed by atoms with E-state index in [9.17, 15) is 9.59 Å². The van der Waals surface area contributed by atoms with Gasteiger partial charge in [0.1, 0.15) is 12.8 Å². The van der Waals surface area contributed by atoms with Crippen LogP contribution in [-0.2, 0) is 11.9 Å². The van der Waals surface area contributed by atoms with E-state index in [1.54, 1.807) is 11.9 Å². The molecule has 0 spiro atoms. The number of rotatable bonds is 2. The minimum Gasteiger partial charge on any atom is -0.399 e. The standard InChI is InChI=1S/C9H12N4O3/c1-12-7(3-8(14)10-12)9(15)13-4-6(5-13)11-16-2/h3H,4-5H2,1-2H3,(H,10,14). The number of H-pyrrole nitrogens is 1. The molecule has 0 unspecified atom stereocenters. The molecule has 1 amide bonds. The molecule has 16 heavy (non-hydrogen) atoms. The monoisotopic (exact) mass is 224 g/mol. The van der Waals surface area contributed by atoms with Gasteiger partial charge in [0.2, 0.25) is 0 Å². The summed E-state index contributed by atoms with van der Waals surface area (Å²) >= 11 is 0. The lowest BCUT2D eigenvalue weighted by atomic mass is 10.1. The van der Waals surface area contributed by atoms with Gasteiger partial charge in [0.25, 0.3) is 11.5 Å². The lowest BCUT2D eigenvalue weighted by molar-refractivity contribution is 0.0751. The second kappa shape index (κ2) is 3.84. The van der Waals surface area contributed by atoms with Crippen LogP contribution in [0.2, 0.25) is 0 Å². The normalized spacial score (nSPS) is 14.6. The van der Waals surface area contributed by atoms with Crippen molar-refractivity contribution in [3.05, 3.63) is 22.1 Å². The van der Waals surface area contributed by atoms with Crippen LogP contribution in [0.5, 0.6) is 0 Å². The first-order valence-electron chi connectivity index (χ1n) is 4.76. The molecule has 1 saturated heterocycles. The van der Waals surface area contributed by atoms with Crippen LogP contribution in [0.25, 0.3) is 0 Å². The van der Waals surface area contributed by atoms with E-state index in [4.69, 9.17) is 0 Å². The largest absolute Gasteiger partial charge is 0.399 e. The number of amides is 1. The van der Waals surface area contributed by atoms with Gasteiger partial charge in [-0.25, -0.2) is 0 Å². The van der Waals surface area contributed by atoms with Crippen molar-refractivity contribution in [2.24, 2.45) is 12.2 Å². The molecule has 1 aromatic heterocycles. The van der Waals surface area contributed by atoms with Crippen LogP contribution in [0, 0.1) is 0 Å². The summed E-state index contributed by atoms with van der Waals surface area (Å²) in [4.78, 5) is 29.1. The Labute approximate surface area is 91.3 Å². The summed E-state index contributed by atoms with van der Waals surface area (Å²) in [6.07, 6.45) is 0. The fourth-order valence-electron chi connectivity index (χ4n) is 1.57. The number of likely N-dealkylation sites (tertiary alicyclic amines) is 1. The number of nitrogens with zero attached hydrogens (tertiary/aromatic N) is 3. The SMILES string of the molecule is CON=C1CN(C(=O)c2cc(=O)[nH]n2C)C1. The Hall–Kier alpha value is -2.05. The van der Waals surface area contributed by atoms with E-state index in [1.807, 2.05) is 0 Å². The third kappa shape index (κ3) is 1.71. The Morgan fingerprint density at radius 2 is 2.25 bits per heavy atom. The molecule has 0 aromatic carbocycles. The Morgan fingerprint density at radius 1 is 1.56 bits per heavy atom. The average Bonchev–Trinajstić information content (AvgIpc) is 2.50. The number of aromatic nitrogens is 2. The van der Waals surface area contributed by atoms with Crippen LogP contribution in [0.3, 0.4) is 0 Å². The smallest absolute Gasteiger partial charge is 0.272 e. The zero-order chi connectivity index (χ0) is 11.7. The third-order valence-electron chi connectivity index (χ3n) is 2.38. The van der Waals surface area contributed by atoms with Crippen molar-refractivity contribution in [2.75, 3.05) is 20.2 Å². The van der Waals surface area contributed by atoms with Crippen LogP contribution in [0.4, 0.5) is 0 Å². The minimum absolute atomic E-state index is 0.184. The zero-order valence-electron chi connectivity index (χ0n) is 9.06. The first-order valence-corrected chi connectivity index (χ1v) is 4.76. The van der Waals surface area contributed by atoms with Gasteiger partial charge in [-0.05, 0) is 0 Å². The number of hydrogen-bond acceptors (Lipinski definition) is 4. The second-order valence-corrected chi connectivity index (χ2v) is 3.57. The fraction of sp³-hybridized carbons (Fsp3) is 0.444. The molecule has 0 saturated carbocycles. The van der Waals surface area contributed by atoms with Gasteiger partial charge in [-0.15, -0.1) is 0 Å². The Balaban J connectivity index is 2.08. The molecule has 1 fully saturated rings. The lowest BCUT2D eigenvalue weighted by Crippen LogP contribution is -2.51. The molecule has 86 valence electrons. The molecule has 7 nitrogen and oxygen atoms in total. The third-order valence-corrected chi connectivity index (χ3v) is 2.38. The number of aryl methyl sites for hydroxylation is 1. The second-order valence-electron chi connectivity index (χ2n) is 3.57. The van der Waals surface area contributed by atoms with Crippen molar-refractivity contribution < 1.29 is 9.63 Å². The predicted molar refractivity (Wildman–Crippen MR) is 56.4 cm³/mol. The summed E-state index contributed by atoms with van der Waals surface area (Å²) in [6.45, 7) is 0.901. The van der Waals surface area contributed by atoms with Gasteiger partial charge < -0.3 is 9.74 Å². The van der Waals surface area contributed by atoms with E-state index in [0.29, 0.717) is 18.8 Å². The van der Waals surface area contributed by atoms with E-state index in [1.165, 1.54) is 17.9 Å². The molecule has 1 N–H and O–H groups in total. The molecule has 1 aliphatic rings. The quantitative estimate of drug-likeness (QED) is 0.666. The van der Waals surface area contributed by atoms with Crippen LogP contribution >= 0.6 is 0 Å². The number of nitrogens with one attached hydrogen (secondary N) is 1. The van der Waals surface area contributed by atoms with Gasteiger partial charge >= 0.3 is 0 Å². The topological polar surface area (TPSA) is 79.7 Å². The van der Waals surface area contributed by atoms with Crippen LogP contribution in [0.15, 0.2) is 16.0 Å². The molecule has 7 heteroatoms. The van der Waals surface area contributed by atoms with Crippen molar-refractivity contribution in [3.8, 4) is 0 Å². The number of carbonyl (C=O) groups excluding carboxylic acids is 1. The molecule has 2 heterocycles. The number of hydrogen-bond donors (Lipinski definition) is 1. The molecule has 0 aliphatic carbocycles. The summed E-state index contributed by atoms with van der Waals surface area (Å²) < 4.78 is 1.41. The maximum atomic E-state index is 11.9. The number of oxime groups is 1. The molecule has 1 aliphatic heterocycles. The maximum absolute atomic E-state index is 11.9. The number of aromatic amines is 1. The molecule has 0 atom stereocenters. The van der Waals surface area contributed by atoms with E-state index in [-0.39, 0.29) is 11.5 Å². The van der Waals surface area contributed by atoms with E-state index in [0.717, 1.165) is 5.71 Å². The van der Waals surface area contributed by atoms with Gasteiger partial charge in [-0.3, -0.25) is 19.4 Å². The molecular weight excluding hydrogens is 212 g/mol. The van der Waals surface area contributed by atoms with Crippen LogP contribution in [0.1, 0.15) is 10.5 Å². The van der Waals surface area contributed by atoms with Crippen molar-refractivity contribution in [2.45, 2.75) is 0 Å². The highest BCUT2D eigenvalue weighted by atomic mass is 16.6. The van der Waals surface area contributed by atoms with Crippen molar-refractivity contribution in [1.29, 1.82) is 0 Å². The predicted octanol–water partition coefficient (Wildman–Crippen LogP) is -0.828. The highest BCUT2D eigenvalue weighted by molar-refractivity contribution is 6.04. The Bertz CT molecular complexity index is 491. The molecule has 0 radical (unpaired) electrons. The molecule has 1 aromatic rings. The zero-order valence-corrected chi connectivity index (χ0v) is 9.06. The number of carbonyl (C=O) groups is 1. The van der Waals surface area contributed by atoms with Gasteiger partial charge in [0, 0.05) is 13.1 Å². The van der Waals surface area contributed by atoms with Gasteiger partial charge in [-0.1, -0.05) is 5.16 Å². The van der Waals surface area contributed by atoms with E-state index >= 15 is 0 Å². The summed E-state index contributed by atoms with van der Waals surface area (Å²) in [5, 5.41) is 6.22. The van der Waals surface area contributed by atoms with Crippen LogP contribution < -0.4 is 5.56 Å². The first-order chi connectivity index (χ1) is 7.61. The average molecular weight is 224 g/mol. The summed E-state index contributed by atoms with van der Waals surface area (Å²) in [5.74, 6) is -0.184. The Kier molecular flexibility index (Phi) is 2.51. The highest BCUT2D eigenvalue weighted by Crippen LogP contribution is 2.09. The molecule has 0 bridgehead atoms. The molecule has 2 rings (SSSR count). The Morgan fingerprint density at radius 3 is 2.75 bits per heavy atom. The van der Waals surface area contributed by atoms with Gasteiger partial charge in [0.05, 0.1) is 18.8 Å². The summed E-state index contributed by atoms with van der Waals surface area (Å²) in [5.41, 5.74) is 0.884. The lowest BCUT2D eigenvalue weighted by Gasteiger charge is -2.31. The minimum atomic E-state index is -0.280. The van der Waals surface area contributed by atoms with Crippen molar-refractivity contribution in [3.63, 3.8) is 0 Å². The molecular formula is C9H12N4O3. The van der Waals surface area contributed by atoms with E-state index in [2.05, 4.69) is 15.1 Å². The summed E-state index contributed by atoms with van der Waals surface area (Å²) in [6, 6.07) is 1.29. The van der Waals surface area contributed by atoms with E-state index < -0.39 is 0 Å². The van der Waals surface area contributed by atoms with Gasteiger partial charge in [0.15, 0.2) is 0 Å². The maximum Gasteiger partial charge on any atom is 0.272 e. The van der Waals surface area contributed by atoms with Crippen molar-refractivity contribution in [1.82, 2.24) is 14.7 Å². The first kappa shape index (κ1) is 10.5. The highest BCUT2D eigenvalue weighted by Gasteiger charge is 2.29. The van der Waals surface area contributed by atoms with Crippen molar-refractivity contribution >= 4 is 11.6 Å². The van der Waals surface area contributed by atoms with Gasteiger partial charge in [-0.2, -0.15) is 0 Å². The van der Waals surface area contributed by atoms with Crippen LogP contribution in [-0.4, -0.2) is 46.5 Å². The fourth-order valence-corrected chi connectivity index (χ4v) is 1.57.